The van der Waals surface area contributed by atoms with Crippen LogP contribution in [0.25, 0.3) is 0 Å². The molecule has 0 aliphatic heterocycles. The molecule has 0 saturated carbocycles. The zero-order valence-corrected chi connectivity index (χ0v) is 20.5. The number of nitrogens with zero attached hydrogens (tertiary/aromatic N) is 1. The maximum atomic E-state index is 11.8. The molecule has 1 atom stereocenters. The first kappa shape index (κ1) is 29.6. The quantitative estimate of drug-likeness (QED) is 0.133. The Balaban J connectivity index is 4.27. The summed E-state index contributed by atoms with van der Waals surface area (Å²) in [5, 5.41) is 29.7. The number of rotatable bonds is 20. The average Bonchev–Trinajstić information content (AvgIpc) is 2.62. The second kappa shape index (κ2) is 16.3. The second-order valence-corrected chi connectivity index (χ2v) is 10.0. The minimum Gasteiger partial charge on any atom is -0.481 e. The van der Waals surface area contributed by atoms with Crippen LogP contribution in [0.2, 0.25) is 0 Å². The standard InChI is InChI=1S/C25H47NO5/c1-5-6-7-8-9-10-11-12-13-14-15-16-17-18-19-22(24(29)30)25(31,20-23(27)28)21-26(2,3)4/h19,31H,5-18,20-21H2,1-4H3,(H-,27,28,29,30)/p+1. The number of aliphatic hydroxyl groups is 1. The second-order valence-electron chi connectivity index (χ2n) is 10.0. The third-order valence-corrected chi connectivity index (χ3v) is 5.57. The van der Waals surface area contributed by atoms with Crippen LogP contribution in [0.1, 0.15) is 103 Å². The van der Waals surface area contributed by atoms with Gasteiger partial charge < -0.3 is 19.8 Å². The lowest BCUT2D eigenvalue weighted by Gasteiger charge is -2.35. The van der Waals surface area contributed by atoms with Gasteiger partial charge in [0, 0.05) is 0 Å². The van der Waals surface area contributed by atoms with Gasteiger partial charge in [0.05, 0.1) is 33.1 Å². The van der Waals surface area contributed by atoms with Crippen molar-refractivity contribution in [2.75, 3.05) is 27.7 Å². The molecule has 0 spiro atoms. The highest BCUT2D eigenvalue weighted by molar-refractivity contribution is 5.90. The van der Waals surface area contributed by atoms with Gasteiger partial charge in [-0.3, -0.25) is 4.79 Å². The number of likely N-dealkylation sites (N-methyl/N-ethyl adjacent to an activating group) is 1. The van der Waals surface area contributed by atoms with Crippen molar-refractivity contribution in [2.45, 2.75) is 109 Å². The van der Waals surface area contributed by atoms with Gasteiger partial charge in [-0.1, -0.05) is 90.0 Å². The lowest BCUT2D eigenvalue weighted by Crippen LogP contribution is -2.52. The van der Waals surface area contributed by atoms with Crippen molar-refractivity contribution in [2.24, 2.45) is 0 Å². The van der Waals surface area contributed by atoms with E-state index in [0.29, 0.717) is 6.42 Å². The van der Waals surface area contributed by atoms with Gasteiger partial charge in [0.15, 0.2) is 5.60 Å². The lowest BCUT2D eigenvalue weighted by atomic mass is 9.87. The van der Waals surface area contributed by atoms with E-state index in [1.165, 1.54) is 70.3 Å². The van der Waals surface area contributed by atoms with Crippen LogP contribution in [0.5, 0.6) is 0 Å². The van der Waals surface area contributed by atoms with E-state index in [-0.39, 0.29) is 16.6 Å². The van der Waals surface area contributed by atoms with Crippen molar-refractivity contribution in [3.05, 3.63) is 11.6 Å². The average molecular weight is 443 g/mol. The van der Waals surface area contributed by atoms with Crippen LogP contribution < -0.4 is 0 Å². The number of carboxylic acids is 2. The largest absolute Gasteiger partial charge is 0.481 e. The van der Waals surface area contributed by atoms with Crippen LogP contribution in [0.4, 0.5) is 0 Å². The number of carbonyl (C=O) groups is 2. The van der Waals surface area contributed by atoms with Crippen molar-refractivity contribution in [3.63, 3.8) is 0 Å². The summed E-state index contributed by atoms with van der Waals surface area (Å²) in [6, 6.07) is 0. The highest BCUT2D eigenvalue weighted by atomic mass is 16.4. The Hall–Kier alpha value is -1.40. The van der Waals surface area contributed by atoms with Gasteiger partial charge in [-0.25, -0.2) is 4.79 Å². The molecule has 0 amide bonds. The van der Waals surface area contributed by atoms with Crippen LogP contribution in [0.15, 0.2) is 11.6 Å². The maximum absolute atomic E-state index is 11.8. The van der Waals surface area contributed by atoms with Gasteiger partial charge in [-0.15, -0.1) is 0 Å². The fourth-order valence-corrected chi connectivity index (χ4v) is 4.16. The molecule has 6 nitrogen and oxygen atoms in total. The molecule has 31 heavy (non-hydrogen) atoms. The summed E-state index contributed by atoms with van der Waals surface area (Å²) in [5.74, 6) is -2.45. The van der Waals surface area contributed by atoms with Crippen molar-refractivity contribution in [1.82, 2.24) is 0 Å². The van der Waals surface area contributed by atoms with Gasteiger partial charge in [0.1, 0.15) is 6.54 Å². The number of hydrogen-bond donors (Lipinski definition) is 3. The molecule has 0 heterocycles. The van der Waals surface area contributed by atoms with Crippen LogP contribution in [0, 0.1) is 0 Å². The molecule has 1 unspecified atom stereocenters. The fourth-order valence-electron chi connectivity index (χ4n) is 4.16. The summed E-state index contributed by atoms with van der Waals surface area (Å²) in [7, 11) is 5.41. The molecule has 0 aromatic rings. The van der Waals surface area contributed by atoms with Crippen molar-refractivity contribution < 1.29 is 29.4 Å². The van der Waals surface area contributed by atoms with Crippen LogP contribution in [-0.4, -0.2) is 65.0 Å². The molecule has 0 bridgehead atoms. The Bertz CT molecular complexity index is 539. The topological polar surface area (TPSA) is 94.8 Å². The maximum Gasteiger partial charge on any atom is 0.334 e. The van der Waals surface area contributed by atoms with E-state index in [1.54, 1.807) is 21.1 Å². The molecule has 3 N–H and O–H groups in total. The molecule has 6 heteroatoms. The summed E-state index contributed by atoms with van der Waals surface area (Å²) in [6.45, 7) is 2.27. The molecule has 0 saturated heterocycles. The third kappa shape index (κ3) is 16.0. The van der Waals surface area contributed by atoms with Gasteiger partial charge in [0.25, 0.3) is 0 Å². The van der Waals surface area contributed by atoms with E-state index in [2.05, 4.69) is 6.92 Å². The van der Waals surface area contributed by atoms with E-state index in [9.17, 15) is 24.9 Å². The SMILES string of the molecule is CCCCCCCCCCCCCCCC=C(C(=O)O)C(O)(CC(=O)O)C[N+](C)(C)C. The van der Waals surface area contributed by atoms with E-state index in [1.807, 2.05) is 0 Å². The minimum absolute atomic E-state index is 0.0238. The molecule has 0 fully saturated rings. The minimum atomic E-state index is -1.88. The molecule has 0 aliphatic carbocycles. The molecule has 0 rings (SSSR count). The highest BCUT2D eigenvalue weighted by Crippen LogP contribution is 2.26. The van der Waals surface area contributed by atoms with E-state index in [0.717, 1.165) is 19.3 Å². The third-order valence-electron chi connectivity index (χ3n) is 5.57. The van der Waals surface area contributed by atoms with E-state index in [4.69, 9.17) is 0 Å². The normalized spacial score (nSPS) is 14.4. The number of quaternary nitrogens is 1. The van der Waals surface area contributed by atoms with E-state index >= 15 is 0 Å². The fraction of sp³-hybridized carbons (Fsp3) is 0.840. The Morgan fingerprint density at radius 3 is 1.55 bits per heavy atom. The smallest absolute Gasteiger partial charge is 0.334 e. The highest BCUT2D eigenvalue weighted by Gasteiger charge is 2.42. The number of unbranched alkanes of at least 4 members (excludes halogenated alkanes) is 13. The van der Waals surface area contributed by atoms with Crippen LogP contribution in [0.3, 0.4) is 0 Å². The molecule has 0 aliphatic rings. The monoisotopic (exact) mass is 442 g/mol. The van der Waals surface area contributed by atoms with Gasteiger partial charge in [0.2, 0.25) is 0 Å². The number of carboxylic acid groups (broad SMARTS) is 2. The molecule has 0 aromatic carbocycles. The molecular formula is C25H48NO5+. The molecule has 0 aromatic heterocycles. The lowest BCUT2D eigenvalue weighted by molar-refractivity contribution is -0.876. The Kier molecular flexibility index (Phi) is 15.5. The van der Waals surface area contributed by atoms with Gasteiger partial charge >= 0.3 is 11.9 Å². The number of allylic oxidation sites excluding steroid dienone is 1. The predicted molar refractivity (Wildman–Crippen MR) is 126 cm³/mol. The van der Waals surface area contributed by atoms with Crippen LogP contribution in [-0.2, 0) is 9.59 Å². The molecule has 182 valence electrons. The van der Waals surface area contributed by atoms with Crippen molar-refractivity contribution >= 4 is 11.9 Å². The first-order valence-corrected chi connectivity index (χ1v) is 12.2. The van der Waals surface area contributed by atoms with Gasteiger partial charge in [-0.2, -0.15) is 0 Å². The molecule has 0 radical (unpaired) electrons. The van der Waals surface area contributed by atoms with Crippen molar-refractivity contribution in [1.29, 1.82) is 0 Å². The molecular weight excluding hydrogens is 394 g/mol. The summed E-state index contributed by atoms with van der Waals surface area (Å²) in [6.07, 6.45) is 17.6. The summed E-state index contributed by atoms with van der Waals surface area (Å²) in [5.41, 5.74) is -2.08. The predicted octanol–water partition coefficient (Wildman–Crippen LogP) is 5.39. The zero-order valence-electron chi connectivity index (χ0n) is 20.5. The summed E-state index contributed by atoms with van der Waals surface area (Å²) in [4.78, 5) is 23.0. The number of aliphatic carboxylic acids is 2. The summed E-state index contributed by atoms with van der Waals surface area (Å²) >= 11 is 0. The van der Waals surface area contributed by atoms with Crippen LogP contribution >= 0.6 is 0 Å². The Morgan fingerprint density at radius 1 is 0.774 bits per heavy atom. The van der Waals surface area contributed by atoms with E-state index < -0.39 is 24.0 Å². The Labute approximate surface area is 189 Å². The summed E-state index contributed by atoms with van der Waals surface area (Å²) < 4.78 is 0.271. The zero-order chi connectivity index (χ0) is 23.8. The number of hydrogen-bond acceptors (Lipinski definition) is 3. The first-order valence-electron chi connectivity index (χ1n) is 12.2. The first-order chi connectivity index (χ1) is 14.5. The van der Waals surface area contributed by atoms with Crippen molar-refractivity contribution in [3.8, 4) is 0 Å². The van der Waals surface area contributed by atoms with Gasteiger partial charge in [-0.05, 0) is 12.8 Å². The Morgan fingerprint density at radius 2 is 1.19 bits per heavy atom.